The summed E-state index contributed by atoms with van der Waals surface area (Å²) in [5.41, 5.74) is 0.0946. The Morgan fingerprint density at radius 1 is 0.967 bits per heavy atom. The van der Waals surface area contributed by atoms with Gasteiger partial charge in [-0.05, 0) is 87.9 Å². The topological polar surface area (TPSA) is 121 Å². The van der Waals surface area contributed by atoms with Crippen LogP contribution in [-0.4, -0.2) is 85.9 Å². The van der Waals surface area contributed by atoms with Gasteiger partial charge in [0.1, 0.15) is 41.4 Å². The maximum Gasteiger partial charge on any atom is 0.519 e. The molecule has 2 aromatic carbocycles. The molecule has 5 atom stereocenters. The predicted octanol–water partition coefficient (Wildman–Crippen LogP) is 7.92. The van der Waals surface area contributed by atoms with Gasteiger partial charge in [0.15, 0.2) is 17.3 Å². The first-order valence-corrected chi connectivity index (χ1v) is 21.7. The highest BCUT2D eigenvalue weighted by Gasteiger charge is 2.51. The Hall–Kier alpha value is -5.13. The number of ether oxygens (including phenoxy) is 1. The molecule has 312 valence electrons. The number of pyridine rings is 1. The quantitative estimate of drug-likeness (QED) is 0.161. The molecule has 60 heavy (non-hydrogen) atoms. The van der Waals surface area contributed by atoms with Crippen molar-refractivity contribution in [1.82, 2.24) is 24.8 Å². The number of aromatic nitrogens is 3. The van der Waals surface area contributed by atoms with Gasteiger partial charge < -0.3 is 23.6 Å². The number of hydrogen-bond donors (Lipinski definition) is 1. The van der Waals surface area contributed by atoms with Crippen LogP contribution in [0.1, 0.15) is 106 Å². The summed E-state index contributed by atoms with van der Waals surface area (Å²) in [7, 11) is 0. The second-order valence-corrected chi connectivity index (χ2v) is 18.0. The first-order valence-electron chi connectivity index (χ1n) is 21.7. The highest BCUT2D eigenvalue weighted by atomic mass is 19.1. The number of terminal acetylenes is 1. The van der Waals surface area contributed by atoms with Crippen molar-refractivity contribution in [2.45, 2.75) is 126 Å². The molecule has 6 aliphatic rings. The maximum atomic E-state index is 17.6. The molecule has 5 fully saturated rings. The Bertz CT molecular complexity index is 2640. The first kappa shape index (κ1) is 37.8. The fourth-order valence-corrected chi connectivity index (χ4v) is 12.0. The molecule has 0 spiro atoms. The molecule has 0 radical (unpaired) electrons. The van der Waals surface area contributed by atoms with E-state index in [1.165, 1.54) is 30.7 Å². The zero-order valence-electron chi connectivity index (χ0n) is 33.4. The lowest BCUT2D eigenvalue weighted by atomic mass is 9.86. The van der Waals surface area contributed by atoms with Crippen LogP contribution >= 0.6 is 0 Å². The summed E-state index contributed by atoms with van der Waals surface area (Å²) in [6, 6.07) is 5.72. The third-order valence-corrected chi connectivity index (χ3v) is 14.6. The molecule has 5 aromatic rings. The predicted molar refractivity (Wildman–Crippen MR) is 218 cm³/mol. The van der Waals surface area contributed by atoms with E-state index in [-0.39, 0.29) is 70.1 Å². The van der Waals surface area contributed by atoms with E-state index in [0.717, 1.165) is 70.8 Å². The molecular weight excluding hydrogens is 774 g/mol. The third kappa shape index (κ3) is 6.09. The monoisotopic (exact) mass is 820 g/mol. The maximum absolute atomic E-state index is 17.6. The van der Waals surface area contributed by atoms with Crippen LogP contribution in [0, 0.1) is 24.0 Å². The molecule has 11 nitrogen and oxygen atoms in total. The van der Waals surface area contributed by atoms with Gasteiger partial charge in [-0.3, -0.25) is 9.80 Å². The standard InChI is InChI=1S/C46H47F3N6O5/c1-2-30-32(48)14-12-26-18-29(56)19-31(37(26)30)40-39(49)41-38-33(50-40)10-6-11-34-35-15-13-28(54(35)23-36-42(60-45(57)59-36)25-8-4-3-5-9-25)22-55(34)43(38)52-44(51-41)58-24-46-16-7-17-53(46)21-27(47)20-46/h1,12,14,18-19,25,27-28,34-35,56H,3-11,13,15-17,20-24H2/t27-,28-,34-,35+,46+/m1/s1. The van der Waals surface area contributed by atoms with Gasteiger partial charge >= 0.3 is 11.8 Å². The van der Waals surface area contributed by atoms with E-state index < -0.39 is 29.2 Å². The van der Waals surface area contributed by atoms with Crippen molar-refractivity contribution >= 4 is 27.5 Å². The third-order valence-electron chi connectivity index (χ3n) is 14.6. The molecule has 1 aliphatic carbocycles. The van der Waals surface area contributed by atoms with Crippen molar-refractivity contribution in [3.8, 4) is 35.4 Å². The molecule has 11 rings (SSSR count). The Morgan fingerprint density at radius 2 is 1.83 bits per heavy atom. The van der Waals surface area contributed by atoms with E-state index in [9.17, 15) is 14.3 Å². The minimum Gasteiger partial charge on any atom is -0.508 e. The Kier molecular flexibility index (Phi) is 9.15. The summed E-state index contributed by atoms with van der Waals surface area (Å²) >= 11 is 0. The number of nitrogens with zero attached hydrogens (tertiary/aromatic N) is 6. The van der Waals surface area contributed by atoms with Crippen LogP contribution in [-0.2, 0) is 13.0 Å². The average molecular weight is 821 g/mol. The number of phenols is 1. The Balaban J connectivity index is 1.03. The second kappa shape index (κ2) is 14.5. The van der Waals surface area contributed by atoms with E-state index >= 15 is 8.78 Å². The largest absolute Gasteiger partial charge is 0.519 e. The van der Waals surface area contributed by atoms with Crippen LogP contribution in [0.4, 0.5) is 19.0 Å². The molecule has 1 saturated carbocycles. The number of rotatable bonds is 7. The summed E-state index contributed by atoms with van der Waals surface area (Å²) in [5, 5.41) is 12.0. The number of halogens is 3. The Labute approximate surface area is 344 Å². The SMILES string of the molecule is C#Cc1c(F)ccc2cc(O)cc(-c3nc4c5c(nc(OC[C@@]67CCCN6C[C@H](F)C7)nc5c3F)N3C[C@H]5CC[C@@H]([C@H]3CCC4)N5Cc3oc(=O)oc3C3CCCCC3)c12. The number of phenolic OH excluding ortho intramolecular Hbond substituents is 1. The number of benzene rings is 2. The lowest BCUT2D eigenvalue weighted by Gasteiger charge is -2.48. The van der Waals surface area contributed by atoms with Crippen molar-refractivity contribution in [3.63, 3.8) is 0 Å². The van der Waals surface area contributed by atoms with E-state index in [1.54, 1.807) is 0 Å². The van der Waals surface area contributed by atoms with Crippen molar-refractivity contribution in [3.05, 3.63) is 69.3 Å². The number of aryl methyl sites for hydroxylation is 1. The molecule has 0 unspecified atom stereocenters. The van der Waals surface area contributed by atoms with Crippen molar-refractivity contribution in [1.29, 1.82) is 0 Å². The first-order chi connectivity index (χ1) is 29.2. The molecule has 1 N–H and O–H groups in total. The van der Waals surface area contributed by atoms with E-state index in [2.05, 4.69) is 20.6 Å². The molecule has 5 aliphatic heterocycles. The molecule has 4 saturated heterocycles. The van der Waals surface area contributed by atoms with Gasteiger partial charge in [0.25, 0.3) is 0 Å². The van der Waals surface area contributed by atoms with Crippen LogP contribution in [0.5, 0.6) is 11.8 Å². The van der Waals surface area contributed by atoms with Crippen LogP contribution in [0.2, 0.25) is 0 Å². The molecular formula is C46H47F3N6O5. The number of alkyl halides is 1. The smallest absolute Gasteiger partial charge is 0.508 e. The molecule has 14 heteroatoms. The molecule has 0 amide bonds. The van der Waals surface area contributed by atoms with Crippen molar-refractivity contribution in [2.24, 2.45) is 0 Å². The van der Waals surface area contributed by atoms with Crippen LogP contribution < -0.4 is 15.5 Å². The highest BCUT2D eigenvalue weighted by Crippen LogP contribution is 2.47. The minimum absolute atomic E-state index is 0.00782. The summed E-state index contributed by atoms with van der Waals surface area (Å²) < 4.78 is 65.6. The van der Waals surface area contributed by atoms with Crippen molar-refractivity contribution in [2.75, 3.05) is 31.1 Å². The molecule has 8 heterocycles. The summed E-state index contributed by atoms with van der Waals surface area (Å²) in [5.74, 6) is 2.26. The lowest BCUT2D eigenvalue weighted by Crippen LogP contribution is -2.60. The Morgan fingerprint density at radius 3 is 2.68 bits per heavy atom. The summed E-state index contributed by atoms with van der Waals surface area (Å²) in [4.78, 5) is 34.3. The van der Waals surface area contributed by atoms with E-state index in [4.69, 9.17) is 34.9 Å². The minimum atomic E-state index is -0.954. The zero-order valence-corrected chi connectivity index (χ0v) is 33.4. The summed E-state index contributed by atoms with van der Waals surface area (Å²) in [6.45, 7) is 2.37. The van der Waals surface area contributed by atoms with E-state index in [1.807, 2.05) is 0 Å². The fraction of sp³-hybridized carbons (Fsp3) is 0.522. The number of hydrogen-bond acceptors (Lipinski definition) is 11. The van der Waals surface area contributed by atoms with Gasteiger partial charge in [0.2, 0.25) is 0 Å². The van der Waals surface area contributed by atoms with Crippen LogP contribution in [0.25, 0.3) is 32.9 Å². The fourth-order valence-electron chi connectivity index (χ4n) is 12.0. The van der Waals surface area contributed by atoms with Crippen LogP contribution in [0.3, 0.4) is 0 Å². The van der Waals surface area contributed by atoms with Gasteiger partial charge in [-0.2, -0.15) is 9.97 Å². The summed E-state index contributed by atoms with van der Waals surface area (Å²) in [6.07, 6.45) is 16.1. The number of aromatic hydroxyl groups is 1. The lowest BCUT2D eigenvalue weighted by molar-refractivity contribution is 0.106. The zero-order chi connectivity index (χ0) is 40.9. The van der Waals surface area contributed by atoms with Crippen molar-refractivity contribution < 1.29 is 31.8 Å². The van der Waals surface area contributed by atoms with Gasteiger partial charge in [-0.1, -0.05) is 31.2 Å². The number of fused-ring (bicyclic) bond motifs is 7. The number of anilines is 1. The van der Waals surface area contributed by atoms with Gasteiger partial charge in [0, 0.05) is 54.5 Å². The van der Waals surface area contributed by atoms with E-state index in [0.29, 0.717) is 66.3 Å². The van der Waals surface area contributed by atoms with Gasteiger partial charge in [-0.25, -0.2) is 22.9 Å². The van der Waals surface area contributed by atoms with Crippen LogP contribution in [0.15, 0.2) is 37.9 Å². The second-order valence-electron chi connectivity index (χ2n) is 18.0. The average Bonchev–Trinajstić information content (AvgIpc) is 3.97. The number of piperazine rings is 1. The van der Waals surface area contributed by atoms with Gasteiger partial charge in [-0.15, -0.1) is 6.42 Å². The normalized spacial score (nSPS) is 26.9. The molecule has 2 bridgehead atoms. The molecule has 3 aromatic heterocycles. The van der Waals surface area contributed by atoms with Gasteiger partial charge in [0.05, 0.1) is 28.7 Å². The highest BCUT2D eigenvalue weighted by molar-refractivity contribution is 6.03.